The molecule has 0 fully saturated rings. The van der Waals surface area contributed by atoms with Crippen LogP contribution in [0.25, 0.3) is 0 Å². The quantitative estimate of drug-likeness (QED) is 0.798. The summed E-state index contributed by atoms with van der Waals surface area (Å²) in [5.74, 6) is -5.79. The minimum atomic E-state index is -3.88. The fraction of sp³-hybridized carbons (Fsp3) is 0.417. The molecule has 0 aliphatic rings. The van der Waals surface area contributed by atoms with Crippen LogP contribution in [0.1, 0.15) is 18.5 Å². The van der Waals surface area contributed by atoms with E-state index in [0.717, 1.165) is 6.07 Å². The van der Waals surface area contributed by atoms with E-state index in [0.29, 0.717) is 0 Å². The molecule has 0 aromatic heterocycles. The van der Waals surface area contributed by atoms with Gasteiger partial charge in [-0.1, -0.05) is 6.07 Å². The monoisotopic (exact) mass is 275 g/mol. The number of methoxy groups -OCH3 is 1. The zero-order chi connectivity index (χ0) is 14.6. The van der Waals surface area contributed by atoms with Crippen LogP contribution in [0.5, 0.6) is 11.5 Å². The second-order valence-corrected chi connectivity index (χ2v) is 3.75. The van der Waals surface area contributed by atoms with Crippen LogP contribution in [0, 0.1) is 0 Å². The highest BCUT2D eigenvalue weighted by Gasteiger charge is 2.47. The van der Waals surface area contributed by atoms with Crippen molar-refractivity contribution in [3.8, 4) is 11.5 Å². The lowest BCUT2D eigenvalue weighted by Crippen LogP contribution is -2.41. The van der Waals surface area contributed by atoms with E-state index >= 15 is 0 Å². The van der Waals surface area contributed by atoms with E-state index in [2.05, 4.69) is 4.74 Å². The molecule has 0 aliphatic heterocycles. The minimum absolute atomic E-state index is 0.101. The molecule has 0 amide bonds. The molecule has 0 saturated heterocycles. The van der Waals surface area contributed by atoms with Gasteiger partial charge < -0.3 is 20.3 Å². The summed E-state index contributed by atoms with van der Waals surface area (Å²) in [5, 5.41) is 9.51. The molecule has 0 spiro atoms. The Labute approximate surface area is 108 Å². The molecule has 3 N–H and O–H groups in total. The van der Waals surface area contributed by atoms with Crippen LogP contribution in [0.3, 0.4) is 0 Å². The average Bonchev–Trinajstić information content (AvgIpc) is 2.37. The van der Waals surface area contributed by atoms with Crippen molar-refractivity contribution >= 4 is 5.97 Å². The summed E-state index contributed by atoms with van der Waals surface area (Å²) in [5.41, 5.74) is 5.26. The number of ether oxygens (including phenoxy) is 2. The summed E-state index contributed by atoms with van der Waals surface area (Å²) < 4.78 is 36.4. The van der Waals surface area contributed by atoms with Gasteiger partial charge in [-0.15, -0.1) is 0 Å². The number of carbonyl (C=O) groups excluding carboxylic acids is 1. The van der Waals surface area contributed by atoms with Crippen molar-refractivity contribution in [1.82, 2.24) is 0 Å². The number of alkyl halides is 2. The molecule has 1 atom stereocenters. The van der Waals surface area contributed by atoms with Gasteiger partial charge in [-0.2, -0.15) is 8.78 Å². The molecule has 7 heteroatoms. The fourth-order valence-electron chi connectivity index (χ4n) is 1.46. The van der Waals surface area contributed by atoms with Gasteiger partial charge >= 0.3 is 11.9 Å². The number of phenolic OH excluding ortho intramolecular Hbond substituents is 1. The summed E-state index contributed by atoms with van der Waals surface area (Å²) in [7, 11) is 1.32. The topological polar surface area (TPSA) is 81.8 Å². The molecule has 0 unspecified atom stereocenters. The van der Waals surface area contributed by atoms with Crippen molar-refractivity contribution in [3.05, 3.63) is 23.8 Å². The molecule has 0 bridgehead atoms. The van der Waals surface area contributed by atoms with Crippen LogP contribution in [0.2, 0.25) is 0 Å². The van der Waals surface area contributed by atoms with E-state index in [4.69, 9.17) is 10.5 Å². The van der Waals surface area contributed by atoms with Crippen LogP contribution in [0.4, 0.5) is 8.78 Å². The first-order valence-electron chi connectivity index (χ1n) is 5.52. The molecule has 0 aliphatic carbocycles. The number of aromatic hydroxyl groups is 1. The number of rotatable bonds is 5. The summed E-state index contributed by atoms with van der Waals surface area (Å²) in [6.45, 7) is 1.24. The Morgan fingerprint density at radius 2 is 2.16 bits per heavy atom. The Balaban J connectivity index is 3.02. The molecule has 0 heterocycles. The third-order valence-electron chi connectivity index (χ3n) is 2.50. The van der Waals surface area contributed by atoms with Crippen molar-refractivity contribution < 1.29 is 28.2 Å². The van der Waals surface area contributed by atoms with Gasteiger partial charge in [0.2, 0.25) is 0 Å². The molecular weight excluding hydrogens is 260 g/mol. The van der Waals surface area contributed by atoms with Crippen LogP contribution in [-0.4, -0.2) is 30.7 Å². The van der Waals surface area contributed by atoms with Crippen LogP contribution >= 0.6 is 0 Å². The number of phenols is 1. The Morgan fingerprint density at radius 3 is 2.63 bits per heavy atom. The van der Waals surface area contributed by atoms with E-state index in [-0.39, 0.29) is 23.7 Å². The first kappa shape index (κ1) is 15.2. The summed E-state index contributed by atoms with van der Waals surface area (Å²) in [4.78, 5) is 11.1. The highest BCUT2D eigenvalue weighted by atomic mass is 19.3. The molecule has 106 valence electrons. The summed E-state index contributed by atoms with van der Waals surface area (Å²) >= 11 is 0. The van der Waals surface area contributed by atoms with E-state index < -0.39 is 17.9 Å². The van der Waals surface area contributed by atoms with Crippen molar-refractivity contribution in [2.45, 2.75) is 18.9 Å². The first-order chi connectivity index (χ1) is 8.84. The normalized spacial score (nSPS) is 12.9. The molecule has 0 saturated carbocycles. The maximum Gasteiger partial charge on any atom is 0.379 e. The Hall–Kier alpha value is -1.89. The van der Waals surface area contributed by atoms with Gasteiger partial charge in [-0.3, -0.25) is 0 Å². The van der Waals surface area contributed by atoms with Gasteiger partial charge in [0.15, 0.2) is 11.5 Å². The van der Waals surface area contributed by atoms with Crippen molar-refractivity contribution in [2.24, 2.45) is 5.73 Å². The van der Waals surface area contributed by atoms with Gasteiger partial charge in [0.05, 0.1) is 13.7 Å². The Bertz CT molecular complexity index is 465. The van der Waals surface area contributed by atoms with E-state index in [9.17, 15) is 18.7 Å². The maximum atomic E-state index is 13.7. The smallest absolute Gasteiger partial charge is 0.379 e. The predicted molar refractivity (Wildman–Crippen MR) is 63.2 cm³/mol. The Kier molecular flexibility index (Phi) is 4.66. The molecule has 1 aromatic carbocycles. The number of benzene rings is 1. The van der Waals surface area contributed by atoms with Gasteiger partial charge in [0.1, 0.15) is 6.04 Å². The summed E-state index contributed by atoms with van der Waals surface area (Å²) in [6.07, 6.45) is 0. The largest absolute Gasteiger partial charge is 0.504 e. The maximum absolute atomic E-state index is 13.7. The zero-order valence-electron chi connectivity index (χ0n) is 10.5. The minimum Gasteiger partial charge on any atom is -0.504 e. The van der Waals surface area contributed by atoms with E-state index in [1.165, 1.54) is 26.2 Å². The van der Waals surface area contributed by atoms with Crippen molar-refractivity contribution in [1.29, 1.82) is 0 Å². The first-order valence-corrected chi connectivity index (χ1v) is 5.52. The van der Waals surface area contributed by atoms with Gasteiger partial charge in [0, 0.05) is 0 Å². The summed E-state index contributed by atoms with van der Waals surface area (Å²) in [6, 6.07) is 1.64. The van der Waals surface area contributed by atoms with Gasteiger partial charge in [-0.05, 0) is 24.6 Å². The van der Waals surface area contributed by atoms with Crippen molar-refractivity contribution in [2.75, 3.05) is 13.7 Å². The molecule has 19 heavy (non-hydrogen) atoms. The van der Waals surface area contributed by atoms with Crippen LogP contribution < -0.4 is 10.5 Å². The molecule has 5 nitrogen and oxygen atoms in total. The number of hydrogen-bond acceptors (Lipinski definition) is 5. The third-order valence-corrected chi connectivity index (χ3v) is 2.50. The molecule has 1 aromatic rings. The van der Waals surface area contributed by atoms with Gasteiger partial charge in [0.25, 0.3) is 0 Å². The standard InChI is InChI=1S/C12H15F2NO4/c1-3-19-11(17)12(13,14)10(15)7-4-5-9(18-2)8(16)6-7/h4-6,10,16H,3,15H2,1-2H3/t10-/m1/s1. The van der Waals surface area contributed by atoms with Gasteiger partial charge in [-0.25, -0.2) is 4.79 Å². The number of nitrogens with two attached hydrogens (primary N) is 1. The molecular formula is C12H15F2NO4. The molecule has 0 radical (unpaired) electrons. The van der Waals surface area contributed by atoms with Crippen LogP contribution in [0.15, 0.2) is 18.2 Å². The van der Waals surface area contributed by atoms with Crippen LogP contribution in [-0.2, 0) is 9.53 Å². The highest BCUT2D eigenvalue weighted by molar-refractivity contribution is 5.79. The second-order valence-electron chi connectivity index (χ2n) is 3.75. The average molecular weight is 275 g/mol. The Morgan fingerprint density at radius 1 is 1.53 bits per heavy atom. The predicted octanol–water partition coefficient (Wildman–Crippen LogP) is 1.60. The number of esters is 1. The SMILES string of the molecule is CCOC(=O)C(F)(F)[C@H](N)c1ccc(OC)c(O)c1. The third kappa shape index (κ3) is 3.11. The molecule has 1 rings (SSSR count). The number of hydrogen-bond donors (Lipinski definition) is 2. The lowest BCUT2D eigenvalue weighted by atomic mass is 10.0. The second kappa shape index (κ2) is 5.83. The fourth-order valence-corrected chi connectivity index (χ4v) is 1.46. The van der Waals surface area contributed by atoms with Crippen molar-refractivity contribution in [3.63, 3.8) is 0 Å². The lowest BCUT2D eigenvalue weighted by molar-refractivity contribution is -0.174. The lowest BCUT2D eigenvalue weighted by Gasteiger charge is -2.22. The van der Waals surface area contributed by atoms with E-state index in [1.807, 2.05) is 0 Å². The number of halogens is 2. The highest BCUT2D eigenvalue weighted by Crippen LogP contribution is 2.35. The zero-order valence-corrected chi connectivity index (χ0v) is 10.5. The van der Waals surface area contributed by atoms with E-state index in [1.54, 1.807) is 0 Å². The number of carbonyl (C=O) groups is 1.